The van der Waals surface area contributed by atoms with Gasteiger partial charge in [-0.15, -0.1) is 0 Å². The lowest BCUT2D eigenvalue weighted by molar-refractivity contribution is -0.525. The largest absolute Gasteiger partial charge is 0.480 e. The number of hydrogen-bond acceptors (Lipinski definition) is 8. The first-order valence-electron chi connectivity index (χ1n) is 12.8. The number of benzene rings is 1. The predicted molar refractivity (Wildman–Crippen MR) is 143 cm³/mol. The number of nitro groups is 1. The lowest BCUT2D eigenvalue weighted by Crippen LogP contribution is -2.56. The molecule has 0 unspecified atom stereocenters. The SMILES string of the molecule is CC(C)(C)OC(=O)N1CCC[C@@H]1C(=O)N[C@@H](Cc1ccccc1)C(=O)N[C@@H](CCCN=C(N)N[N+](=O)[O-])C(=O)O. The maximum absolute atomic E-state index is 13.3. The second-order valence-electron chi connectivity index (χ2n) is 10.3. The number of carboxylic acid groups (broad SMARTS) is 1. The van der Waals surface area contributed by atoms with Gasteiger partial charge >= 0.3 is 12.1 Å². The van der Waals surface area contributed by atoms with Gasteiger partial charge in [-0.3, -0.25) is 14.5 Å². The van der Waals surface area contributed by atoms with Crippen LogP contribution in [0.3, 0.4) is 0 Å². The lowest BCUT2D eigenvalue weighted by atomic mass is 10.0. The fraction of sp³-hybridized carbons (Fsp3) is 0.560. The normalized spacial score (nSPS) is 16.9. The molecule has 6 N–H and O–H groups in total. The molecule has 1 saturated heterocycles. The number of nitrogens with one attached hydrogen (secondary N) is 3. The van der Waals surface area contributed by atoms with Crippen LogP contribution in [0.1, 0.15) is 52.0 Å². The van der Waals surface area contributed by atoms with Gasteiger partial charge in [0, 0.05) is 19.5 Å². The van der Waals surface area contributed by atoms with Crippen LogP contribution in [0.15, 0.2) is 35.3 Å². The maximum atomic E-state index is 13.3. The molecule has 0 bridgehead atoms. The second-order valence-corrected chi connectivity index (χ2v) is 10.3. The number of carbonyl (C=O) groups excluding carboxylic acids is 3. The smallest absolute Gasteiger partial charge is 0.410 e. The van der Waals surface area contributed by atoms with Gasteiger partial charge in [0.25, 0.3) is 5.96 Å². The average molecular weight is 564 g/mol. The summed E-state index contributed by atoms with van der Waals surface area (Å²) in [7, 11) is 0. The van der Waals surface area contributed by atoms with Crippen LogP contribution < -0.4 is 21.8 Å². The van der Waals surface area contributed by atoms with E-state index in [1.807, 2.05) is 0 Å². The topological polar surface area (TPSA) is 219 Å². The molecule has 1 aromatic carbocycles. The van der Waals surface area contributed by atoms with E-state index < -0.39 is 58.6 Å². The van der Waals surface area contributed by atoms with Crippen molar-refractivity contribution >= 4 is 29.8 Å². The number of nitrogens with two attached hydrogens (primary N) is 1. The zero-order valence-corrected chi connectivity index (χ0v) is 22.8. The van der Waals surface area contributed by atoms with Crippen molar-refractivity contribution in [1.29, 1.82) is 0 Å². The molecular weight excluding hydrogens is 526 g/mol. The highest BCUT2D eigenvalue weighted by atomic mass is 16.7. The van der Waals surface area contributed by atoms with Crippen molar-refractivity contribution in [2.75, 3.05) is 13.1 Å². The molecule has 0 aliphatic carbocycles. The van der Waals surface area contributed by atoms with E-state index in [4.69, 9.17) is 10.5 Å². The Morgan fingerprint density at radius 1 is 1.20 bits per heavy atom. The maximum Gasteiger partial charge on any atom is 0.410 e. The quantitative estimate of drug-likeness (QED) is 0.0782. The first-order chi connectivity index (χ1) is 18.8. The number of aliphatic carboxylic acids is 1. The zero-order valence-electron chi connectivity index (χ0n) is 22.8. The van der Waals surface area contributed by atoms with Crippen molar-refractivity contribution < 1.29 is 34.1 Å². The van der Waals surface area contributed by atoms with Crippen molar-refractivity contribution in [3.8, 4) is 0 Å². The fourth-order valence-corrected chi connectivity index (χ4v) is 4.06. The summed E-state index contributed by atoms with van der Waals surface area (Å²) in [6.07, 6.45) is 0.529. The number of ether oxygens (including phenoxy) is 1. The summed E-state index contributed by atoms with van der Waals surface area (Å²) in [5.41, 5.74) is 7.00. The molecule has 0 saturated carbocycles. The Kier molecular flexibility index (Phi) is 11.6. The Morgan fingerprint density at radius 2 is 1.88 bits per heavy atom. The molecule has 15 heteroatoms. The molecule has 0 aromatic heterocycles. The van der Waals surface area contributed by atoms with Gasteiger partial charge in [0.15, 0.2) is 5.03 Å². The highest BCUT2D eigenvalue weighted by Gasteiger charge is 2.38. The van der Waals surface area contributed by atoms with Crippen LogP contribution in [-0.2, 0) is 25.5 Å². The molecule has 1 fully saturated rings. The molecule has 1 aliphatic heterocycles. The standard InChI is InChI=1S/C25H37N7O8/c1-25(2,3)40-24(37)31-14-8-12-19(31)21(34)29-18(15-16-9-5-4-6-10-16)20(33)28-17(22(35)36)11-7-13-27-23(26)30-32(38)39/h4-6,9-10,17-19H,7-8,11-15H2,1-3H3,(H,28,33)(H,29,34)(H,35,36)(H3,26,27,30)/t17-,18-,19+/m0/s1. The highest BCUT2D eigenvalue weighted by Crippen LogP contribution is 2.21. The van der Waals surface area contributed by atoms with Crippen molar-refractivity contribution in [1.82, 2.24) is 21.0 Å². The zero-order chi connectivity index (χ0) is 29.9. The van der Waals surface area contributed by atoms with Crippen molar-refractivity contribution in [2.24, 2.45) is 10.7 Å². The van der Waals surface area contributed by atoms with Gasteiger partial charge in [-0.1, -0.05) is 35.8 Å². The number of guanidine groups is 1. The third-order valence-corrected chi connectivity index (χ3v) is 5.85. The summed E-state index contributed by atoms with van der Waals surface area (Å²) in [6, 6.07) is 5.60. The summed E-state index contributed by atoms with van der Waals surface area (Å²) in [5, 5.41) is 24.3. The van der Waals surface area contributed by atoms with Crippen LogP contribution in [-0.4, -0.2) is 81.7 Å². The molecule has 40 heavy (non-hydrogen) atoms. The van der Waals surface area contributed by atoms with E-state index in [0.717, 1.165) is 5.56 Å². The average Bonchev–Trinajstić information content (AvgIpc) is 3.35. The number of hydrogen-bond donors (Lipinski definition) is 5. The van der Waals surface area contributed by atoms with E-state index in [9.17, 15) is 34.4 Å². The molecule has 3 atom stereocenters. The highest BCUT2D eigenvalue weighted by molar-refractivity contribution is 5.93. The van der Waals surface area contributed by atoms with Crippen LogP contribution in [0.25, 0.3) is 0 Å². The molecule has 220 valence electrons. The van der Waals surface area contributed by atoms with Crippen LogP contribution in [0.4, 0.5) is 4.79 Å². The first kappa shape index (κ1) is 31.8. The Labute approximate surface area is 231 Å². The van der Waals surface area contributed by atoms with Crippen LogP contribution in [0.2, 0.25) is 0 Å². The lowest BCUT2D eigenvalue weighted by Gasteiger charge is -2.29. The number of hydrazine groups is 1. The minimum atomic E-state index is -1.31. The summed E-state index contributed by atoms with van der Waals surface area (Å²) in [4.78, 5) is 66.4. The summed E-state index contributed by atoms with van der Waals surface area (Å²) < 4.78 is 5.42. The molecule has 1 aliphatic rings. The van der Waals surface area contributed by atoms with Crippen molar-refractivity contribution in [2.45, 2.75) is 76.6 Å². The van der Waals surface area contributed by atoms with E-state index in [-0.39, 0.29) is 25.8 Å². The molecule has 1 heterocycles. The van der Waals surface area contributed by atoms with Gasteiger partial charge in [0.05, 0.1) is 0 Å². The van der Waals surface area contributed by atoms with E-state index in [2.05, 4.69) is 15.6 Å². The van der Waals surface area contributed by atoms with E-state index in [0.29, 0.717) is 19.4 Å². The van der Waals surface area contributed by atoms with E-state index >= 15 is 0 Å². The Morgan fingerprint density at radius 3 is 2.48 bits per heavy atom. The third kappa shape index (κ3) is 10.7. The summed E-state index contributed by atoms with van der Waals surface area (Å²) >= 11 is 0. The van der Waals surface area contributed by atoms with Crippen LogP contribution in [0, 0.1) is 10.1 Å². The van der Waals surface area contributed by atoms with Gasteiger partial charge in [0.2, 0.25) is 11.8 Å². The van der Waals surface area contributed by atoms with Gasteiger partial charge in [-0.25, -0.2) is 24.7 Å². The first-order valence-corrected chi connectivity index (χ1v) is 12.8. The molecule has 15 nitrogen and oxygen atoms in total. The fourth-order valence-electron chi connectivity index (χ4n) is 4.06. The summed E-state index contributed by atoms with van der Waals surface area (Å²) in [6.45, 7) is 5.48. The number of carbonyl (C=O) groups is 4. The molecule has 0 spiro atoms. The van der Waals surface area contributed by atoms with Gasteiger partial charge in [-0.05, 0) is 52.0 Å². The van der Waals surface area contributed by atoms with Crippen LogP contribution in [0.5, 0.6) is 0 Å². The van der Waals surface area contributed by atoms with Gasteiger partial charge in [0.1, 0.15) is 23.7 Å². The number of amides is 3. The number of nitrogens with zero attached hydrogens (tertiary/aromatic N) is 3. The third-order valence-electron chi connectivity index (χ3n) is 5.85. The van der Waals surface area contributed by atoms with Crippen LogP contribution >= 0.6 is 0 Å². The predicted octanol–water partition coefficient (Wildman–Crippen LogP) is 0.559. The van der Waals surface area contributed by atoms with Crippen molar-refractivity contribution in [3.63, 3.8) is 0 Å². The minimum absolute atomic E-state index is 0.0152. The van der Waals surface area contributed by atoms with Crippen molar-refractivity contribution in [3.05, 3.63) is 46.0 Å². The Hall–Kier alpha value is -4.43. The Bertz CT molecular complexity index is 1090. The monoisotopic (exact) mass is 563 g/mol. The molecule has 1 aromatic rings. The van der Waals surface area contributed by atoms with E-state index in [1.54, 1.807) is 56.5 Å². The number of likely N-dealkylation sites (tertiary alicyclic amines) is 1. The van der Waals surface area contributed by atoms with E-state index in [1.165, 1.54) is 4.90 Å². The summed E-state index contributed by atoms with van der Waals surface area (Å²) in [5.74, 6) is -3.00. The van der Waals surface area contributed by atoms with Gasteiger partial charge in [-0.2, -0.15) is 0 Å². The molecule has 2 rings (SSSR count). The molecular formula is C25H37N7O8. The van der Waals surface area contributed by atoms with Gasteiger partial charge < -0.3 is 26.2 Å². The minimum Gasteiger partial charge on any atom is -0.480 e. The Balaban J connectivity index is 2.12. The number of aliphatic imine (C=N–C) groups is 1. The molecule has 3 amide bonds. The number of carboxylic acids is 1. The second kappa shape index (κ2) is 14.6. The number of rotatable bonds is 12. The molecule has 0 radical (unpaired) electrons.